The summed E-state index contributed by atoms with van der Waals surface area (Å²) in [6, 6.07) is 6.54. The molecule has 3 heterocycles. The lowest BCUT2D eigenvalue weighted by molar-refractivity contribution is -0.132. The smallest absolute Gasteiger partial charge is 0.222 e. The monoisotopic (exact) mass is 385 g/mol. The van der Waals surface area contributed by atoms with Crippen LogP contribution >= 0.6 is 0 Å². The largest absolute Gasteiger partial charge is 0.342 e. The lowest BCUT2D eigenvalue weighted by Crippen LogP contribution is -2.39. The second kappa shape index (κ2) is 8.82. The molecule has 1 saturated heterocycles. The first kappa shape index (κ1) is 19.1. The van der Waals surface area contributed by atoms with Crippen molar-refractivity contribution in [2.45, 2.75) is 51.0 Å². The van der Waals surface area contributed by atoms with E-state index in [0.717, 1.165) is 82.0 Å². The fourth-order valence-corrected chi connectivity index (χ4v) is 4.26. The maximum Gasteiger partial charge on any atom is 0.222 e. The van der Waals surface area contributed by atoms with Gasteiger partial charge in [0.25, 0.3) is 0 Å². The van der Waals surface area contributed by atoms with E-state index in [9.17, 15) is 9.18 Å². The van der Waals surface area contributed by atoms with Gasteiger partial charge in [0, 0.05) is 51.5 Å². The molecular weight excluding hydrogens is 357 g/mol. The summed E-state index contributed by atoms with van der Waals surface area (Å²) >= 11 is 0. The van der Waals surface area contributed by atoms with E-state index in [4.69, 9.17) is 0 Å². The molecule has 0 saturated carbocycles. The van der Waals surface area contributed by atoms with Crippen molar-refractivity contribution in [3.63, 3.8) is 0 Å². The maximum absolute atomic E-state index is 13.0. The minimum atomic E-state index is -0.221. The molecule has 2 aliphatic rings. The van der Waals surface area contributed by atoms with Crippen molar-refractivity contribution in [3.05, 3.63) is 47.3 Å². The van der Waals surface area contributed by atoms with Crippen molar-refractivity contribution in [2.75, 3.05) is 26.2 Å². The Hall–Kier alpha value is -2.28. The SMILES string of the molecule is O=C(CCCc1ccc(F)cc1)N1CCC[C@H](c2nnc3n2CCNCC3)C1. The second-order valence-corrected chi connectivity index (χ2v) is 7.78. The van der Waals surface area contributed by atoms with Gasteiger partial charge >= 0.3 is 0 Å². The van der Waals surface area contributed by atoms with Crippen molar-refractivity contribution in [1.29, 1.82) is 0 Å². The molecule has 2 aliphatic heterocycles. The molecule has 0 spiro atoms. The summed E-state index contributed by atoms with van der Waals surface area (Å²) in [4.78, 5) is 14.7. The van der Waals surface area contributed by atoms with Crippen LogP contribution in [0.1, 0.15) is 48.8 Å². The first-order chi connectivity index (χ1) is 13.7. The second-order valence-electron chi connectivity index (χ2n) is 7.78. The highest BCUT2D eigenvalue weighted by Crippen LogP contribution is 2.27. The molecule has 4 rings (SSSR count). The number of piperidine rings is 1. The summed E-state index contributed by atoms with van der Waals surface area (Å²) in [5.74, 6) is 2.37. The van der Waals surface area contributed by atoms with Crippen molar-refractivity contribution < 1.29 is 9.18 Å². The average molecular weight is 385 g/mol. The minimum Gasteiger partial charge on any atom is -0.342 e. The summed E-state index contributed by atoms with van der Waals surface area (Å²) in [6.07, 6.45) is 5.10. The van der Waals surface area contributed by atoms with Gasteiger partial charge in [-0.1, -0.05) is 12.1 Å². The molecule has 1 N–H and O–H groups in total. The Balaban J connectivity index is 1.32. The van der Waals surface area contributed by atoms with Crippen LogP contribution in [-0.4, -0.2) is 51.8 Å². The molecule has 2 aromatic rings. The van der Waals surface area contributed by atoms with E-state index in [0.29, 0.717) is 6.42 Å². The van der Waals surface area contributed by atoms with Crippen LogP contribution in [0, 0.1) is 5.82 Å². The van der Waals surface area contributed by atoms with Crippen LogP contribution in [0.15, 0.2) is 24.3 Å². The molecule has 0 aliphatic carbocycles. The number of likely N-dealkylation sites (tertiary alicyclic amines) is 1. The molecule has 1 aromatic carbocycles. The molecule has 7 heteroatoms. The molecule has 1 atom stereocenters. The van der Waals surface area contributed by atoms with Gasteiger partial charge in [-0.05, 0) is 43.4 Å². The van der Waals surface area contributed by atoms with E-state index < -0.39 is 0 Å². The third-order valence-electron chi connectivity index (χ3n) is 5.80. The number of benzene rings is 1. The van der Waals surface area contributed by atoms with E-state index in [2.05, 4.69) is 20.1 Å². The standard InChI is InChI=1S/C21H28FN5O/c22-18-8-6-16(7-9-18)3-1-5-20(28)26-13-2-4-17(15-26)21-25-24-19-10-11-23-12-14-27(19)21/h6-9,17,23H,1-5,10-15H2/t17-/m0/s1. The molecule has 0 unspecified atom stereocenters. The summed E-state index contributed by atoms with van der Waals surface area (Å²) in [6.45, 7) is 4.35. The zero-order valence-electron chi connectivity index (χ0n) is 16.2. The first-order valence-corrected chi connectivity index (χ1v) is 10.4. The van der Waals surface area contributed by atoms with Crippen LogP contribution in [0.5, 0.6) is 0 Å². The van der Waals surface area contributed by atoms with E-state index in [-0.39, 0.29) is 17.6 Å². The first-order valence-electron chi connectivity index (χ1n) is 10.4. The van der Waals surface area contributed by atoms with Gasteiger partial charge in [0.15, 0.2) is 0 Å². The van der Waals surface area contributed by atoms with Crippen LogP contribution in [-0.2, 0) is 24.2 Å². The molecule has 1 aromatic heterocycles. The third-order valence-corrected chi connectivity index (χ3v) is 5.80. The lowest BCUT2D eigenvalue weighted by atomic mass is 9.96. The fourth-order valence-electron chi connectivity index (χ4n) is 4.26. The number of nitrogens with one attached hydrogen (secondary N) is 1. The van der Waals surface area contributed by atoms with E-state index in [1.807, 2.05) is 4.90 Å². The molecular formula is C21H28FN5O. The summed E-state index contributed by atoms with van der Waals surface area (Å²) in [5.41, 5.74) is 1.07. The van der Waals surface area contributed by atoms with Crippen molar-refractivity contribution in [3.8, 4) is 0 Å². The van der Waals surface area contributed by atoms with E-state index >= 15 is 0 Å². The average Bonchev–Trinajstić information content (AvgIpc) is 2.98. The number of rotatable bonds is 5. The van der Waals surface area contributed by atoms with E-state index in [1.165, 1.54) is 12.1 Å². The number of hydrogen-bond acceptors (Lipinski definition) is 4. The summed E-state index contributed by atoms with van der Waals surface area (Å²) < 4.78 is 15.2. The number of fused-ring (bicyclic) bond motifs is 1. The highest BCUT2D eigenvalue weighted by atomic mass is 19.1. The van der Waals surface area contributed by atoms with Gasteiger partial charge in [0.05, 0.1) is 0 Å². The van der Waals surface area contributed by atoms with Gasteiger partial charge in [0.1, 0.15) is 17.5 Å². The van der Waals surface area contributed by atoms with Gasteiger partial charge in [-0.15, -0.1) is 10.2 Å². The number of amides is 1. The van der Waals surface area contributed by atoms with Gasteiger partial charge < -0.3 is 14.8 Å². The van der Waals surface area contributed by atoms with Crippen LogP contribution in [0.3, 0.4) is 0 Å². The Bertz CT molecular complexity index is 804. The number of hydrogen-bond donors (Lipinski definition) is 1. The van der Waals surface area contributed by atoms with Gasteiger partial charge in [-0.3, -0.25) is 4.79 Å². The van der Waals surface area contributed by atoms with Crippen LogP contribution in [0.25, 0.3) is 0 Å². The summed E-state index contributed by atoms with van der Waals surface area (Å²) in [5, 5.41) is 12.3. The van der Waals surface area contributed by atoms with Gasteiger partial charge in [0.2, 0.25) is 5.91 Å². The maximum atomic E-state index is 13.0. The van der Waals surface area contributed by atoms with E-state index in [1.54, 1.807) is 12.1 Å². The Morgan fingerprint density at radius 2 is 2.04 bits per heavy atom. The van der Waals surface area contributed by atoms with Crippen molar-refractivity contribution in [2.24, 2.45) is 0 Å². The van der Waals surface area contributed by atoms with Crippen LogP contribution in [0.2, 0.25) is 0 Å². The number of aromatic nitrogens is 3. The zero-order chi connectivity index (χ0) is 19.3. The van der Waals surface area contributed by atoms with Crippen LogP contribution in [0.4, 0.5) is 4.39 Å². The number of aryl methyl sites for hydroxylation is 1. The fraction of sp³-hybridized carbons (Fsp3) is 0.571. The molecule has 1 amide bonds. The van der Waals surface area contributed by atoms with Gasteiger partial charge in [-0.2, -0.15) is 0 Å². The summed E-state index contributed by atoms with van der Waals surface area (Å²) in [7, 11) is 0. The Morgan fingerprint density at radius 3 is 2.89 bits per heavy atom. The van der Waals surface area contributed by atoms with Gasteiger partial charge in [-0.25, -0.2) is 4.39 Å². The lowest BCUT2D eigenvalue weighted by Gasteiger charge is -2.32. The third kappa shape index (κ3) is 4.41. The molecule has 150 valence electrons. The Kier molecular flexibility index (Phi) is 6.00. The quantitative estimate of drug-likeness (QED) is 0.858. The highest BCUT2D eigenvalue weighted by molar-refractivity contribution is 5.76. The number of nitrogens with zero attached hydrogens (tertiary/aromatic N) is 4. The molecule has 6 nitrogen and oxygen atoms in total. The highest BCUT2D eigenvalue weighted by Gasteiger charge is 2.29. The zero-order valence-corrected chi connectivity index (χ0v) is 16.2. The van der Waals surface area contributed by atoms with Crippen molar-refractivity contribution >= 4 is 5.91 Å². The molecule has 28 heavy (non-hydrogen) atoms. The Labute approximate surface area is 165 Å². The number of halogens is 1. The van der Waals surface area contributed by atoms with Crippen LogP contribution < -0.4 is 5.32 Å². The van der Waals surface area contributed by atoms with Crippen molar-refractivity contribution in [1.82, 2.24) is 25.0 Å². The topological polar surface area (TPSA) is 63.1 Å². The number of carbonyl (C=O) groups excluding carboxylic acids is 1. The molecule has 0 radical (unpaired) electrons. The predicted octanol–water partition coefficient (Wildman–Crippen LogP) is 2.29. The number of carbonyl (C=O) groups is 1. The molecule has 1 fully saturated rings. The predicted molar refractivity (Wildman–Crippen MR) is 104 cm³/mol. The Morgan fingerprint density at radius 1 is 1.18 bits per heavy atom. The minimum absolute atomic E-state index is 0.212. The normalized spacial score (nSPS) is 19.9. The molecule has 0 bridgehead atoms.